The second kappa shape index (κ2) is 10.4. The summed E-state index contributed by atoms with van der Waals surface area (Å²) in [5, 5.41) is 0. The molecule has 0 atom stereocenters. The highest BCUT2D eigenvalue weighted by Crippen LogP contribution is 2.13. The fourth-order valence-electron chi connectivity index (χ4n) is 3.49. The van der Waals surface area contributed by atoms with Crippen molar-refractivity contribution in [3.05, 3.63) is 116 Å². The van der Waals surface area contributed by atoms with E-state index in [4.69, 9.17) is 15.2 Å². The van der Waals surface area contributed by atoms with Gasteiger partial charge in [0.1, 0.15) is 28.7 Å². The second-order valence-corrected chi connectivity index (χ2v) is 7.72. The Morgan fingerprint density at radius 3 is 1.91 bits per heavy atom. The van der Waals surface area contributed by atoms with E-state index in [1.807, 2.05) is 36.4 Å². The van der Waals surface area contributed by atoms with E-state index in [0.717, 1.165) is 11.1 Å². The molecule has 0 radical (unpaired) electrons. The first-order valence-corrected chi connectivity index (χ1v) is 10.8. The van der Waals surface area contributed by atoms with Crippen LogP contribution in [0.2, 0.25) is 0 Å². The van der Waals surface area contributed by atoms with Crippen molar-refractivity contribution in [3.63, 3.8) is 0 Å². The molecular weight excluding hydrogens is 444 g/mol. The Morgan fingerprint density at radius 2 is 1.37 bits per heavy atom. The largest absolute Gasteiger partial charge is 0.497 e. The molecule has 0 saturated heterocycles. The number of ether oxygens (including phenoxy) is 2. The maximum atomic E-state index is 13.5. The molecule has 0 unspecified atom stereocenters. The van der Waals surface area contributed by atoms with E-state index in [9.17, 15) is 9.59 Å². The average Bonchev–Trinajstić information content (AvgIpc) is 2.88. The molecule has 0 fully saturated rings. The molecule has 2 heterocycles. The molecule has 2 aromatic carbocycles. The van der Waals surface area contributed by atoms with Gasteiger partial charge in [-0.2, -0.15) is 0 Å². The minimum Gasteiger partial charge on any atom is -0.497 e. The summed E-state index contributed by atoms with van der Waals surface area (Å²) in [6.07, 6.45) is 0. The standard InChI is InChI=1S/C27H24N4O4/c1-34-23-12-6-19(7-13-23)17-30-22(11-10-21-4-3-5-25(28)29-21)16-26(32)31(27(30)33)18-20-8-14-24(35-2)15-9-20/h3-9,12-16H,17-18H2,1-2H3,(H2,28,29). The molecule has 0 amide bonds. The van der Waals surface area contributed by atoms with Crippen LogP contribution >= 0.6 is 0 Å². The molecule has 35 heavy (non-hydrogen) atoms. The third-order valence-electron chi connectivity index (χ3n) is 5.37. The van der Waals surface area contributed by atoms with E-state index < -0.39 is 11.2 Å². The number of aromatic nitrogens is 3. The summed E-state index contributed by atoms with van der Waals surface area (Å²) in [5.41, 5.74) is 7.20. The Morgan fingerprint density at radius 1 is 0.800 bits per heavy atom. The first-order valence-electron chi connectivity index (χ1n) is 10.8. The Labute approximate surface area is 202 Å². The second-order valence-electron chi connectivity index (χ2n) is 7.72. The Bertz CT molecular complexity index is 1510. The van der Waals surface area contributed by atoms with Crippen molar-refractivity contribution >= 4 is 5.82 Å². The highest BCUT2D eigenvalue weighted by atomic mass is 16.5. The molecular formula is C27H24N4O4. The third-order valence-corrected chi connectivity index (χ3v) is 5.37. The van der Waals surface area contributed by atoms with Crippen molar-refractivity contribution < 1.29 is 9.47 Å². The van der Waals surface area contributed by atoms with Gasteiger partial charge >= 0.3 is 5.69 Å². The van der Waals surface area contributed by atoms with Crippen LogP contribution in [0, 0.1) is 11.8 Å². The van der Waals surface area contributed by atoms with Gasteiger partial charge in [0.15, 0.2) is 0 Å². The molecule has 0 bridgehead atoms. The zero-order chi connectivity index (χ0) is 24.8. The lowest BCUT2D eigenvalue weighted by atomic mass is 10.2. The summed E-state index contributed by atoms with van der Waals surface area (Å²) in [6, 6.07) is 21.0. The number of hydrogen-bond acceptors (Lipinski definition) is 6. The molecule has 176 valence electrons. The number of pyridine rings is 1. The summed E-state index contributed by atoms with van der Waals surface area (Å²) < 4.78 is 13.1. The number of benzene rings is 2. The maximum absolute atomic E-state index is 13.5. The van der Waals surface area contributed by atoms with Crippen molar-refractivity contribution in [1.29, 1.82) is 0 Å². The van der Waals surface area contributed by atoms with Crippen LogP contribution < -0.4 is 26.5 Å². The first-order chi connectivity index (χ1) is 17.0. The van der Waals surface area contributed by atoms with Crippen molar-refractivity contribution in [2.24, 2.45) is 0 Å². The quantitative estimate of drug-likeness (QED) is 0.437. The fraction of sp³-hybridized carbons (Fsp3) is 0.148. The van der Waals surface area contributed by atoms with Crippen LogP contribution in [0.25, 0.3) is 0 Å². The topological polar surface area (TPSA) is 101 Å². The van der Waals surface area contributed by atoms with Gasteiger partial charge in [-0.15, -0.1) is 0 Å². The maximum Gasteiger partial charge on any atom is 0.332 e. The molecule has 0 saturated carbocycles. The third kappa shape index (κ3) is 5.60. The van der Waals surface area contributed by atoms with Gasteiger partial charge in [-0.3, -0.25) is 13.9 Å². The van der Waals surface area contributed by atoms with Gasteiger partial charge in [0.05, 0.1) is 27.3 Å². The van der Waals surface area contributed by atoms with Gasteiger partial charge in [-0.1, -0.05) is 30.3 Å². The minimum atomic E-state index is -0.464. The van der Waals surface area contributed by atoms with E-state index in [1.54, 1.807) is 44.6 Å². The van der Waals surface area contributed by atoms with Gasteiger partial charge < -0.3 is 15.2 Å². The summed E-state index contributed by atoms with van der Waals surface area (Å²) in [7, 11) is 3.17. The van der Waals surface area contributed by atoms with E-state index in [1.165, 1.54) is 15.2 Å². The van der Waals surface area contributed by atoms with E-state index in [0.29, 0.717) is 23.0 Å². The number of rotatable bonds is 6. The van der Waals surface area contributed by atoms with E-state index in [2.05, 4.69) is 16.8 Å². The van der Waals surface area contributed by atoms with Crippen LogP contribution in [-0.2, 0) is 13.1 Å². The smallest absolute Gasteiger partial charge is 0.332 e. The Hall–Kier alpha value is -4.77. The predicted molar refractivity (Wildman–Crippen MR) is 134 cm³/mol. The number of methoxy groups -OCH3 is 2. The van der Waals surface area contributed by atoms with Crippen LogP contribution in [-0.4, -0.2) is 28.3 Å². The average molecular weight is 469 g/mol. The molecule has 2 aromatic heterocycles. The van der Waals surface area contributed by atoms with Crippen LogP contribution in [0.5, 0.6) is 11.5 Å². The lowest BCUT2D eigenvalue weighted by molar-refractivity contribution is 0.414. The normalized spacial score (nSPS) is 10.3. The minimum absolute atomic E-state index is 0.120. The Kier molecular flexibility index (Phi) is 6.98. The van der Waals surface area contributed by atoms with Crippen LogP contribution in [0.15, 0.2) is 82.4 Å². The van der Waals surface area contributed by atoms with Crippen LogP contribution in [0.3, 0.4) is 0 Å². The zero-order valence-corrected chi connectivity index (χ0v) is 19.4. The summed E-state index contributed by atoms with van der Waals surface area (Å²) in [4.78, 5) is 30.6. The fourth-order valence-corrected chi connectivity index (χ4v) is 3.49. The SMILES string of the molecule is COc1ccc(Cn2c(C#Cc3cccc(N)n3)cc(=O)n(Cc3ccc(OC)cc3)c2=O)cc1. The Balaban J connectivity index is 1.78. The van der Waals surface area contributed by atoms with Crippen molar-refractivity contribution in [1.82, 2.24) is 14.1 Å². The molecule has 0 aliphatic rings. The van der Waals surface area contributed by atoms with Gasteiger partial charge in [-0.05, 0) is 59.4 Å². The van der Waals surface area contributed by atoms with Gasteiger partial charge in [0.2, 0.25) is 0 Å². The van der Waals surface area contributed by atoms with Gasteiger partial charge in [0, 0.05) is 6.07 Å². The zero-order valence-electron chi connectivity index (χ0n) is 19.4. The van der Waals surface area contributed by atoms with Crippen LogP contribution in [0.4, 0.5) is 5.82 Å². The number of nitrogens with zero attached hydrogens (tertiary/aromatic N) is 3. The molecule has 8 heteroatoms. The predicted octanol–water partition coefficient (Wildman–Crippen LogP) is 2.50. The van der Waals surface area contributed by atoms with Crippen molar-refractivity contribution in [2.75, 3.05) is 20.0 Å². The monoisotopic (exact) mass is 468 g/mol. The molecule has 4 rings (SSSR count). The highest BCUT2D eigenvalue weighted by molar-refractivity contribution is 5.40. The molecule has 0 spiro atoms. The molecule has 0 aliphatic heterocycles. The number of nitrogen functional groups attached to an aromatic ring is 1. The molecule has 2 N–H and O–H groups in total. The highest BCUT2D eigenvalue weighted by Gasteiger charge is 2.12. The summed E-state index contributed by atoms with van der Waals surface area (Å²) in [6.45, 7) is 0.342. The van der Waals surface area contributed by atoms with Gasteiger partial charge in [-0.25, -0.2) is 9.78 Å². The molecule has 4 aromatic rings. The lowest BCUT2D eigenvalue weighted by Gasteiger charge is -2.13. The number of anilines is 1. The van der Waals surface area contributed by atoms with Gasteiger partial charge in [0.25, 0.3) is 5.56 Å². The van der Waals surface area contributed by atoms with E-state index in [-0.39, 0.29) is 18.8 Å². The van der Waals surface area contributed by atoms with Crippen molar-refractivity contribution in [2.45, 2.75) is 13.1 Å². The molecule has 8 nitrogen and oxygen atoms in total. The van der Waals surface area contributed by atoms with E-state index >= 15 is 0 Å². The summed E-state index contributed by atoms with van der Waals surface area (Å²) in [5.74, 6) is 7.56. The van der Waals surface area contributed by atoms with Crippen molar-refractivity contribution in [3.8, 4) is 23.3 Å². The lowest BCUT2D eigenvalue weighted by Crippen LogP contribution is -2.41. The number of hydrogen-bond donors (Lipinski definition) is 1. The molecule has 0 aliphatic carbocycles. The van der Waals surface area contributed by atoms with Crippen LogP contribution in [0.1, 0.15) is 22.5 Å². The number of nitrogens with two attached hydrogens (primary N) is 1. The summed E-state index contributed by atoms with van der Waals surface area (Å²) >= 11 is 0. The first kappa shape index (κ1) is 23.4.